The zero-order valence-electron chi connectivity index (χ0n) is 10.2. The van der Waals surface area contributed by atoms with Gasteiger partial charge in [-0.25, -0.2) is 4.39 Å². The molecular weight excluding hydrogens is 225 g/mol. The molecule has 0 aromatic heterocycles. The van der Waals surface area contributed by atoms with E-state index in [1.165, 1.54) is 6.92 Å². The molecule has 6 heteroatoms. The molecule has 98 valence electrons. The van der Waals surface area contributed by atoms with Crippen molar-refractivity contribution in [3.05, 3.63) is 11.6 Å². The molecule has 5 nitrogen and oxygen atoms in total. The Balaban J connectivity index is 4.38. The number of aliphatic carboxylic acids is 1. The first-order valence-corrected chi connectivity index (χ1v) is 5.32. The standard InChI is InChI=1S/C11H20FN3O2/c1-8(13)15-5-3-4-9(7-12)6-11(2,14)10(16)17/h4H,3,5-7,14H2,1-2H3,(H2,13,15)(H,16,17). The maximum Gasteiger partial charge on any atom is 0.323 e. The minimum atomic E-state index is -1.44. The van der Waals surface area contributed by atoms with Gasteiger partial charge in [0.25, 0.3) is 0 Å². The van der Waals surface area contributed by atoms with Gasteiger partial charge >= 0.3 is 5.97 Å². The number of hydrogen-bond donors (Lipinski definition) is 3. The molecule has 0 rings (SSSR count). The molecule has 0 aliphatic carbocycles. The van der Waals surface area contributed by atoms with Gasteiger partial charge in [-0.2, -0.15) is 0 Å². The zero-order chi connectivity index (χ0) is 13.5. The van der Waals surface area contributed by atoms with E-state index >= 15 is 0 Å². The van der Waals surface area contributed by atoms with Crippen LogP contribution in [0.4, 0.5) is 4.39 Å². The summed E-state index contributed by atoms with van der Waals surface area (Å²) in [5.74, 6) is -0.679. The number of amidine groups is 1. The molecule has 0 aliphatic heterocycles. The Hall–Kier alpha value is -1.43. The predicted molar refractivity (Wildman–Crippen MR) is 65.7 cm³/mol. The second-order valence-electron chi connectivity index (χ2n) is 4.21. The second-order valence-corrected chi connectivity index (χ2v) is 4.21. The van der Waals surface area contributed by atoms with Gasteiger partial charge in [-0.15, -0.1) is 0 Å². The average Bonchev–Trinajstić information content (AvgIpc) is 2.21. The topological polar surface area (TPSA) is 102 Å². The number of nitrogens with two attached hydrogens (primary N) is 2. The van der Waals surface area contributed by atoms with E-state index in [-0.39, 0.29) is 6.42 Å². The highest BCUT2D eigenvalue weighted by Gasteiger charge is 2.28. The molecule has 0 heterocycles. The molecule has 0 saturated carbocycles. The summed E-state index contributed by atoms with van der Waals surface area (Å²) in [7, 11) is 0. The van der Waals surface area contributed by atoms with E-state index < -0.39 is 18.2 Å². The van der Waals surface area contributed by atoms with E-state index in [2.05, 4.69) is 4.99 Å². The van der Waals surface area contributed by atoms with Crippen LogP contribution in [0.5, 0.6) is 0 Å². The smallest absolute Gasteiger partial charge is 0.323 e. The normalized spacial score (nSPS) is 16.7. The van der Waals surface area contributed by atoms with Crippen LogP contribution in [-0.2, 0) is 4.79 Å². The lowest BCUT2D eigenvalue weighted by molar-refractivity contribution is -0.142. The summed E-state index contributed by atoms with van der Waals surface area (Å²) < 4.78 is 12.7. The van der Waals surface area contributed by atoms with Crippen LogP contribution < -0.4 is 11.5 Å². The molecule has 1 atom stereocenters. The van der Waals surface area contributed by atoms with Crippen molar-refractivity contribution in [3.8, 4) is 0 Å². The van der Waals surface area contributed by atoms with Crippen LogP contribution in [-0.4, -0.2) is 35.7 Å². The third-order valence-electron chi connectivity index (χ3n) is 2.18. The number of nitrogens with zero attached hydrogens (tertiary/aromatic N) is 1. The van der Waals surface area contributed by atoms with Crippen molar-refractivity contribution >= 4 is 11.8 Å². The second kappa shape index (κ2) is 7.01. The molecule has 0 saturated heterocycles. The monoisotopic (exact) mass is 245 g/mol. The Labute approximate surface area is 100 Å². The van der Waals surface area contributed by atoms with Crippen molar-refractivity contribution in [2.45, 2.75) is 32.2 Å². The van der Waals surface area contributed by atoms with Crippen LogP contribution in [0.15, 0.2) is 16.6 Å². The van der Waals surface area contributed by atoms with Crippen LogP contribution in [0, 0.1) is 0 Å². The van der Waals surface area contributed by atoms with Crippen molar-refractivity contribution in [1.29, 1.82) is 0 Å². The highest BCUT2D eigenvalue weighted by Crippen LogP contribution is 2.15. The molecule has 0 aromatic carbocycles. The van der Waals surface area contributed by atoms with Gasteiger partial charge in [-0.05, 0) is 32.3 Å². The number of carbonyl (C=O) groups is 1. The molecule has 0 amide bonds. The number of carboxylic acids is 1. The van der Waals surface area contributed by atoms with Crippen molar-refractivity contribution in [1.82, 2.24) is 0 Å². The Bertz CT molecular complexity index is 321. The highest BCUT2D eigenvalue weighted by atomic mass is 19.1. The van der Waals surface area contributed by atoms with Gasteiger partial charge in [0, 0.05) is 6.54 Å². The summed E-state index contributed by atoms with van der Waals surface area (Å²) >= 11 is 0. The molecule has 0 spiro atoms. The molecule has 0 aromatic rings. The van der Waals surface area contributed by atoms with Crippen molar-refractivity contribution < 1.29 is 14.3 Å². The largest absolute Gasteiger partial charge is 0.480 e. The number of carboxylic acid groups (broad SMARTS) is 1. The Kier molecular flexibility index (Phi) is 6.42. The number of alkyl halides is 1. The lowest BCUT2D eigenvalue weighted by Gasteiger charge is -2.19. The number of rotatable bonds is 7. The fraction of sp³-hybridized carbons (Fsp3) is 0.636. The summed E-state index contributed by atoms with van der Waals surface area (Å²) in [6.07, 6.45) is 2.13. The minimum absolute atomic E-state index is 0.00977. The quantitative estimate of drug-likeness (QED) is 0.268. The van der Waals surface area contributed by atoms with Crippen LogP contribution >= 0.6 is 0 Å². The SMILES string of the molecule is CC(N)=NCCC=C(CF)CC(C)(N)C(=O)O. The summed E-state index contributed by atoms with van der Waals surface area (Å²) in [5.41, 5.74) is 9.81. The van der Waals surface area contributed by atoms with Crippen molar-refractivity contribution in [2.24, 2.45) is 16.5 Å². The summed E-state index contributed by atoms with van der Waals surface area (Å²) in [4.78, 5) is 14.7. The van der Waals surface area contributed by atoms with Gasteiger partial charge in [-0.3, -0.25) is 9.79 Å². The van der Waals surface area contributed by atoms with Crippen LogP contribution in [0.2, 0.25) is 0 Å². The summed E-state index contributed by atoms with van der Waals surface area (Å²) in [6, 6.07) is 0. The van der Waals surface area contributed by atoms with Crippen LogP contribution in [0.1, 0.15) is 26.7 Å². The average molecular weight is 245 g/mol. The first-order valence-electron chi connectivity index (χ1n) is 5.32. The lowest BCUT2D eigenvalue weighted by Crippen LogP contribution is -2.45. The van der Waals surface area contributed by atoms with Gasteiger partial charge in [0.1, 0.15) is 12.2 Å². The Morgan fingerprint density at radius 3 is 2.59 bits per heavy atom. The third-order valence-corrected chi connectivity index (χ3v) is 2.18. The molecule has 5 N–H and O–H groups in total. The van der Waals surface area contributed by atoms with E-state index in [9.17, 15) is 9.18 Å². The van der Waals surface area contributed by atoms with Crippen LogP contribution in [0.25, 0.3) is 0 Å². The van der Waals surface area contributed by atoms with Crippen molar-refractivity contribution in [2.75, 3.05) is 13.2 Å². The predicted octanol–water partition coefficient (Wildman–Crippen LogP) is 0.842. The first kappa shape index (κ1) is 15.6. The number of aliphatic imine (C=N–C) groups is 1. The summed E-state index contributed by atoms with van der Waals surface area (Å²) in [6.45, 7) is 2.79. The van der Waals surface area contributed by atoms with Gasteiger partial charge in [-0.1, -0.05) is 6.08 Å². The van der Waals surface area contributed by atoms with E-state index in [1.54, 1.807) is 13.0 Å². The molecule has 0 bridgehead atoms. The summed E-state index contributed by atoms with van der Waals surface area (Å²) in [5, 5.41) is 8.82. The molecule has 17 heavy (non-hydrogen) atoms. The number of halogens is 1. The molecule has 0 fully saturated rings. The Morgan fingerprint density at radius 2 is 2.18 bits per heavy atom. The first-order chi connectivity index (χ1) is 7.79. The van der Waals surface area contributed by atoms with E-state index in [0.29, 0.717) is 24.4 Å². The van der Waals surface area contributed by atoms with Gasteiger partial charge in [0.2, 0.25) is 0 Å². The fourth-order valence-corrected chi connectivity index (χ4v) is 1.23. The van der Waals surface area contributed by atoms with Crippen molar-refractivity contribution in [3.63, 3.8) is 0 Å². The van der Waals surface area contributed by atoms with E-state index in [4.69, 9.17) is 16.6 Å². The third kappa shape index (κ3) is 6.68. The van der Waals surface area contributed by atoms with E-state index in [0.717, 1.165) is 0 Å². The van der Waals surface area contributed by atoms with Gasteiger partial charge in [0.05, 0.1) is 5.84 Å². The maximum atomic E-state index is 12.7. The molecular formula is C11H20FN3O2. The van der Waals surface area contributed by atoms with Crippen LogP contribution in [0.3, 0.4) is 0 Å². The Morgan fingerprint density at radius 1 is 1.59 bits per heavy atom. The molecule has 1 unspecified atom stereocenters. The molecule has 0 radical (unpaired) electrons. The van der Waals surface area contributed by atoms with E-state index in [1.807, 2.05) is 0 Å². The van der Waals surface area contributed by atoms with Gasteiger partial charge < -0.3 is 16.6 Å². The van der Waals surface area contributed by atoms with Gasteiger partial charge in [0.15, 0.2) is 0 Å². The molecule has 0 aliphatic rings. The zero-order valence-corrected chi connectivity index (χ0v) is 10.2. The number of hydrogen-bond acceptors (Lipinski definition) is 3. The fourth-order valence-electron chi connectivity index (χ4n) is 1.23. The maximum absolute atomic E-state index is 12.7. The lowest BCUT2D eigenvalue weighted by atomic mass is 9.94. The minimum Gasteiger partial charge on any atom is -0.480 e. The highest BCUT2D eigenvalue weighted by molar-refractivity contribution is 5.78.